The first kappa shape index (κ1) is 22.1. The largest absolute Gasteiger partial charge is 0.452 e. The summed E-state index contributed by atoms with van der Waals surface area (Å²) in [7, 11) is -3.74. The van der Waals surface area contributed by atoms with Gasteiger partial charge in [-0.1, -0.05) is 31.2 Å². The zero-order valence-electron chi connectivity index (χ0n) is 15.7. The van der Waals surface area contributed by atoms with E-state index in [9.17, 15) is 22.8 Å². The molecule has 0 heterocycles. The molecular formula is C19H21N3O6S. The minimum atomic E-state index is -3.74. The van der Waals surface area contributed by atoms with Crippen molar-refractivity contribution in [3.05, 3.63) is 65.7 Å². The van der Waals surface area contributed by atoms with E-state index in [1.807, 2.05) is 6.92 Å². The molecule has 3 N–H and O–H groups in total. The van der Waals surface area contributed by atoms with Crippen LogP contribution in [0.2, 0.25) is 0 Å². The number of ether oxygens (including phenoxy) is 1. The van der Waals surface area contributed by atoms with Gasteiger partial charge in [0.2, 0.25) is 10.0 Å². The van der Waals surface area contributed by atoms with E-state index in [1.54, 1.807) is 30.3 Å². The van der Waals surface area contributed by atoms with Crippen LogP contribution < -0.4 is 15.6 Å². The third-order valence-corrected chi connectivity index (χ3v) is 5.07. The topological polar surface area (TPSA) is 131 Å². The van der Waals surface area contributed by atoms with Gasteiger partial charge in [-0.2, -0.15) is 0 Å². The van der Waals surface area contributed by atoms with Crippen LogP contribution in [0.25, 0.3) is 0 Å². The molecule has 9 nitrogen and oxygen atoms in total. The van der Waals surface area contributed by atoms with E-state index in [1.165, 1.54) is 18.2 Å². The van der Waals surface area contributed by atoms with Gasteiger partial charge in [-0.15, -0.1) is 0 Å². The Labute approximate surface area is 168 Å². The van der Waals surface area contributed by atoms with Crippen LogP contribution in [0.15, 0.2) is 59.5 Å². The first-order chi connectivity index (χ1) is 13.8. The average Bonchev–Trinajstić information content (AvgIpc) is 2.75. The molecule has 2 amide bonds. The Kier molecular flexibility index (Phi) is 7.87. The number of hydrogen-bond donors (Lipinski definition) is 3. The molecule has 0 atom stereocenters. The summed E-state index contributed by atoms with van der Waals surface area (Å²) >= 11 is 0. The fraction of sp³-hybridized carbons (Fsp3) is 0.211. The fourth-order valence-electron chi connectivity index (χ4n) is 2.15. The lowest BCUT2D eigenvalue weighted by Crippen LogP contribution is -2.43. The van der Waals surface area contributed by atoms with Crippen LogP contribution in [0.1, 0.15) is 34.1 Å². The van der Waals surface area contributed by atoms with Crippen LogP contribution in [0.5, 0.6) is 0 Å². The highest BCUT2D eigenvalue weighted by atomic mass is 32.2. The van der Waals surface area contributed by atoms with Gasteiger partial charge >= 0.3 is 5.97 Å². The molecule has 0 saturated heterocycles. The number of nitrogens with one attached hydrogen (secondary N) is 3. The van der Waals surface area contributed by atoms with Crippen molar-refractivity contribution in [2.75, 3.05) is 13.2 Å². The predicted octanol–water partition coefficient (Wildman–Crippen LogP) is 0.993. The molecule has 0 unspecified atom stereocenters. The van der Waals surface area contributed by atoms with Gasteiger partial charge in [0.05, 0.1) is 10.5 Å². The number of amides is 2. The quantitative estimate of drug-likeness (QED) is 0.432. The van der Waals surface area contributed by atoms with E-state index < -0.39 is 34.4 Å². The van der Waals surface area contributed by atoms with Crippen molar-refractivity contribution < 1.29 is 27.5 Å². The summed E-state index contributed by atoms with van der Waals surface area (Å²) in [6, 6.07) is 13.5. The van der Waals surface area contributed by atoms with Crippen LogP contribution >= 0.6 is 0 Å². The Hall–Kier alpha value is -3.24. The second-order valence-corrected chi connectivity index (χ2v) is 7.64. The lowest BCUT2D eigenvalue weighted by atomic mass is 10.2. The summed E-state index contributed by atoms with van der Waals surface area (Å²) in [5.74, 6) is -2.15. The highest BCUT2D eigenvalue weighted by Gasteiger charge is 2.17. The summed E-state index contributed by atoms with van der Waals surface area (Å²) in [5, 5.41) is 0. The molecule has 10 heteroatoms. The molecular weight excluding hydrogens is 398 g/mol. The minimum absolute atomic E-state index is 0.0227. The number of carbonyl (C=O) groups is 3. The van der Waals surface area contributed by atoms with Crippen molar-refractivity contribution >= 4 is 27.8 Å². The van der Waals surface area contributed by atoms with Crippen LogP contribution in [0.4, 0.5) is 0 Å². The number of hydrogen-bond acceptors (Lipinski definition) is 6. The zero-order valence-corrected chi connectivity index (χ0v) is 16.5. The summed E-state index contributed by atoms with van der Waals surface area (Å²) < 4.78 is 31.5. The number of esters is 1. The third-order valence-electron chi connectivity index (χ3n) is 3.61. The standard InChI is InChI=1S/C19H21N3O6S/c1-2-11-20-29(26,27)16-10-6-9-15(12-16)19(25)28-13-17(23)21-22-18(24)14-7-4-3-5-8-14/h3-10,12,20H,2,11,13H2,1H3,(H,21,23)(H,22,24). The number of carbonyl (C=O) groups excluding carboxylic acids is 3. The number of benzene rings is 2. The van der Waals surface area contributed by atoms with Crippen molar-refractivity contribution in [3.8, 4) is 0 Å². The van der Waals surface area contributed by atoms with Crippen LogP contribution in [0.3, 0.4) is 0 Å². The molecule has 0 aliphatic carbocycles. The molecule has 0 aliphatic heterocycles. The zero-order chi connectivity index (χ0) is 21.3. The molecule has 154 valence electrons. The summed E-state index contributed by atoms with van der Waals surface area (Å²) in [4.78, 5) is 35.6. The maximum Gasteiger partial charge on any atom is 0.338 e. The summed E-state index contributed by atoms with van der Waals surface area (Å²) in [6.07, 6.45) is 0.622. The van der Waals surface area contributed by atoms with E-state index in [2.05, 4.69) is 15.6 Å². The highest BCUT2D eigenvalue weighted by Crippen LogP contribution is 2.12. The molecule has 0 aromatic heterocycles. The van der Waals surface area contributed by atoms with Crippen molar-refractivity contribution in [2.24, 2.45) is 0 Å². The SMILES string of the molecule is CCCNS(=O)(=O)c1cccc(C(=O)OCC(=O)NNC(=O)c2ccccc2)c1. The van der Waals surface area contributed by atoms with Crippen LogP contribution in [-0.2, 0) is 19.6 Å². The van der Waals surface area contributed by atoms with Crippen molar-refractivity contribution in [3.63, 3.8) is 0 Å². The monoisotopic (exact) mass is 419 g/mol. The van der Waals surface area contributed by atoms with Crippen LogP contribution in [-0.4, -0.2) is 39.4 Å². The summed E-state index contributed by atoms with van der Waals surface area (Å²) in [5.41, 5.74) is 4.64. The van der Waals surface area contributed by atoms with E-state index in [0.29, 0.717) is 12.0 Å². The van der Waals surface area contributed by atoms with E-state index in [-0.39, 0.29) is 17.0 Å². The van der Waals surface area contributed by atoms with Gasteiger partial charge in [-0.3, -0.25) is 20.4 Å². The molecule has 0 spiro atoms. The maximum absolute atomic E-state index is 12.1. The minimum Gasteiger partial charge on any atom is -0.452 e. The lowest BCUT2D eigenvalue weighted by Gasteiger charge is -2.09. The highest BCUT2D eigenvalue weighted by molar-refractivity contribution is 7.89. The smallest absolute Gasteiger partial charge is 0.338 e. The Morgan fingerprint density at radius 1 is 0.931 bits per heavy atom. The average molecular weight is 419 g/mol. The third kappa shape index (κ3) is 6.70. The first-order valence-electron chi connectivity index (χ1n) is 8.74. The Bertz CT molecular complexity index is 976. The van der Waals surface area contributed by atoms with Crippen molar-refractivity contribution in [1.29, 1.82) is 0 Å². The fourth-order valence-corrected chi connectivity index (χ4v) is 3.33. The second kappa shape index (κ2) is 10.3. The van der Waals surface area contributed by atoms with Gasteiger partial charge < -0.3 is 4.74 Å². The molecule has 0 saturated carbocycles. The van der Waals surface area contributed by atoms with Gasteiger partial charge in [-0.05, 0) is 36.8 Å². The van der Waals surface area contributed by atoms with Gasteiger partial charge in [0, 0.05) is 12.1 Å². The van der Waals surface area contributed by atoms with E-state index in [0.717, 1.165) is 6.07 Å². The predicted molar refractivity (Wildman–Crippen MR) is 104 cm³/mol. The van der Waals surface area contributed by atoms with Gasteiger partial charge in [0.1, 0.15) is 0 Å². The molecule has 0 bridgehead atoms. The van der Waals surface area contributed by atoms with E-state index in [4.69, 9.17) is 4.74 Å². The normalized spacial score (nSPS) is 10.8. The molecule has 29 heavy (non-hydrogen) atoms. The molecule has 2 rings (SSSR count). The van der Waals surface area contributed by atoms with Crippen molar-refractivity contribution in [2.45, 2.75) is 18.2 Å². The Morgan fingerprint density at radius 2 is 1.62 bits per heavy atom. The Morgan fingerprint density at radius 3 is 2.31 bits per heavy atom. The summed E-state index contributed by atoms with van der Waals surface area (Å²) in [6.45, 7) is 1.44. The van der Waals surface area contributed by atoms with Gasteiger partial charge in [0.15, 0.2) is 6.61 Å². The van der Waals surface area contributed by atoms with Gasteiger partial charge in [-0.25, -0.2) is 17.9 Å². The molecule has 0 radical (unpaired) electrons. The maximum atomic E-state index is 12.1. The van der Waals surface area contributed by atoms with Gasteiger partial charge in [0.25, 0.3) is 11.8 Å². The number of rotatable bonds is 8. The molecule has 0 fully saturated rings. The van der Waals surface area contributed by atoms with Crippen molar-refractivity contribution in [1.82, 2.24) is 15.6 Å². The molecule has 2 aromatic carbocycles. The molecule has 0 aliphatic rings. The number of sulfonamides is 1. The lowest BCUT2D eigenvalue weighted by molar-refractivity contribution is -0.125. The second-order valence-electron chi connectivity index (χ2n) is 5.87. The molecule has 2 aromatic rings. The first-order valence-corrected chi connectivity index (χ1v) is 10.2. The number of hydrazine groups is 1. The Balaban J connectivity index is 1.88. The van der Waals surface area contributed by atoms with E-state index >= 15 is 0 Å². The van der Waals surface area contributed by atoms with Crippen LogP contribution in [0, 0.1) is 0 Å².